The quantitative estimate of drug-likeness (QED) is 0.868. The number of aliphatic carboxylic acids is 1. The lowest BCUT2D eigenvalue weighted by Crippen LogP contribution is -2.31. The molecule has 0 amide bonds. The van der Waals surface area contributed by atoms with Gasteiger partial charge in [0.25, 0.3) is 0 Å². The lowest BCUT2D eigenvalue weighted by Gasteiger charge is -2.26. The van der Waals surface area contributed by atoms with Gasteiger partial charge in [-0.05, 0) is 11.6 Å². The predicted molar refractivity (Wildman–Crippen MR) is 65.9 cm³/mol. The second-order valence-corrected chi connectivity index (χ2v) is 4.26. The Morgan fingerprint density at radius 3 is 2.89 bits per heavy atom. The smallest absolute Gasteiger partial charge is 0.304 e. The number of carbonyl (C=O) groups is 1. The second kappa shape index (κ2) is 6.21. The molecule has 1 N–H and O–H groups in total. The zero-order chi connectivity index (χ0) is 12.8. The largest absolute Gasteiger partial charge is 0.499 e. The van der Waals surface area contributed by atoms with Crippen molar-refractivity contribution in [2.75, 3.05) is 6.61 Å². The van der Waals surface area contributed by atoms with Crippen molar-refractivity contribution in [3.63, 3.8) is 0 Å². The first-order valence-corrected chi connectivity index (χ1v) is 5.91. The number of rotatable bonds is 5. The molecule has 4 nitrogen and oxygen atoms in total. The maximum Gasteiger partial charge on any atom is 0.304 e. The third-order valence-corrected chi connectivity index (χ3v) is 2.88. The van der Waals surface area contributed by atoms with Crippen molar-refractivity contribution >= 4 is 5.97 Å². The molecule has 0 fully saturated rings. The van der Waals surface area contributed by atoms with Gasteiger partial charge < -0.3 is 14.6 Å². The number of hydrogen-bond donors (Lipinski definition) is 1. The fourth-order valence-electron chi connectivity index (χ4n) is 1.90. The maximum atomic E-state index is 10.8. The third kappa shape index (κ3) is 3.60. The Balaban J connectivity index is 1.90. The van der Waals surface area contributed by atoms with Gasteiger partial charge in [0, 0.05) is 5.92 Å². The van der Waals surface area contributed by atoms with E-state index in [2.05, 4.69) is 0 Å². The van der Waals surface area contributed by atoms with Gasteiger partial charge in [0.05, 0.1) is 25.4 Å². The molecular formula is C14H16O4. The minimum atomic E-state index is -0.820. The highest BCUT2D eigenvalue weighted by molar-refractivity contribution is 5.67. The maximum absolute atomic E-state index is 10.8. The van der Waals surface area contributed by atoms with E-state index in [9.17, 15) is 4.79 Å². The van der Waals surface area contributed by atoms with Gasteiger partial charge in [-0.3, -0.25) is 4.79 Å². The third-order valence-electron chi connectivity index (χ3n) is 2.88. The molecule has 96 valence electrons. The lowest BCUT2D eigenvalue weighted by molar-refractivity contribution is -0.139. The summed E-state index contributed by atoms with van der Waals surface area (Å²) in [5.74, 6) is -0.945. The van der Waals surface area contributed by atoms with E-state index in [0.717, 1.165) is 5.56 Å². The Bertz CT molecular complexity index is 413. The molecule has 1 aliphatic heterocycles. The van der Waals surface area contributed by atoms with Gasteiger partial charge in [-0.2, -0.15) is 0 Å². The Morgan fingerprint density at radius 2 is 2.17 bits per heavy atom. The predicted octanol–water partition coefficient (Wildman–Crippen LogP) is 2.21. The molecule has 0 unspecified atom stereocenters. The first kappa shape index (κ1) is 12.6. The number of ether oxygens (including phenoxy) is 2. The van der Waals surface area contributed by atoms with Gasteiger partial charge in [-0.15, -0.1) is 0 Å². The molecule has 0 aromatic heterocycles. The average Bonchev–Trinajstić information content (AvgIpc) is 2.38. The molecule has 1 aromatic carbocycles. The fourth-order valence-corrected chi connectivity index (χ4v) is 1.90. The summed E-state index contributed by atoms with van der Waals surface area (Å²) < 4.78 is 10.9. The van der Waals surface area contributed by atoms with E-state index >= 15 is 0 Å². The molecule has 0 saturated carbocycles. The Labute approximate surface area is 106 Å². The van der Waals surface area contributed by atoms with Crippen molar-refractivity contribution < 1.29 is 19.4 Å². The summed E-state index contributed by atoms with van der Waals surface area (Å²) in [4.78, 5) is 10.8. The van der Waals surface area contributed by atoms with Crippen LogP contribution in [-0.2, 0) is 20.9 Å². The van der Waals surface area contributed by atoms with Gasteiger partial charge >= 0.3 is 5.97 Å². The van der Waals surface area contributed by atoms with E-state index in [4.69, 9.17) is 14.6 Å². The second-order valence-electron chi connectivity index (χ2n) is 4.26. The Kier molecular flexibility index (Phi) is 4.36. The first-order valence-electron chi connectivity index (χ1n) is 5.91. The number of carboxylic acids is 1. The molecule has 0 saturated heterocycles. The van der Waals surface area contributed by atoms with Crippen LogP contribution in [0, 0.1) is 5.92 Å². The van der Waals surface area contributed by atoms with Crippen LogP contribution in [0.2, 0.25) is 0 Å². The van der Waals surface area contributed by atoms with Crippen LogP contribution in [0.4, 0.5) is 0 Å². The van der Waals surface area contributed by atoms with Crippen LogP contribution in [0.5, 0.6) is 0 Å². The van der Waals surface area contributed by atoms with E-state index in [0.29, 0.717) is 13.2 Å². The van der Waals surface area contributed by atoms with E-state index in [1.54, 1.807) is 12.3 Å². The molecule has 1 aromatic rings. The highest BCUT2D eigenvalue weighted by Crippen LogP contribution is 2.20. The van der Waals surface area contributed by atoms with E-state index in [1.165, 1.54) is 0 Å². The molecule has 0 spiro atoms. The van der Waals surface area contributed by atoms with Crippen LogP contribution in [-0.4, -0.2) is 23.8 Å². The zero-order valence-electron chi connectivity index (χ0n) is 9.99. The van der Waals surface area contributed by atoms with Gasteiger partial charge in [0.1, 0.15) is 6.61 Å². The summed E-state index contributed by atoms with van der Waals surface area (Å²) in [6, 6.07) is 9.80. The monoisotopic (exact) mass is 248 g/mol. The van der Waals surface area contributed by atoms with Crippen LogP contribution < -0.4 is 0 Å². The number of hydrogen-bond acceptors (Lipinski definition) is 3. The summed E-state index contributed by atoms with van der Waals surface area (Å²) in [6.45, 7) is 0.875. The van der Waals surface area contributed by atoms with Gasteiger partial charge in [-0.25, -0.2) is 0 Å². The lowest BCUT2D eigenvalue weighted by atomic mass is 9.97. The molecule has 0 bridgehead atoms. The Morgan fingerprint density at radius 1 is 1.39 bits per heavy atom. The topological polar surface area (TPSA) is 55.8 Å². The zero-order valence-corrected chi connectivity index (χ0v) is 9.99. The Hall–Kier alpha value is -1.81. The van der Waals surface area contributed by atoms with Crippen molar-refractivity contribution in [2.45, 2.75) is 19.1 Å². The minimum Gasteiger partial charge on any atom is -0.499 e. The summed E-state index contributed by atoms with van der Waals surface area (Å²) in [5, 5.41) is 8.84. The highest BCUT2D eigenvalue weighted by Gasteiger charge is 2.25. The number of benzene rings is 1. The van der Waals surface area contributed by atoms with E-state index in [-0.39, 0.29) is 18.4 Å². The first-order chi connectivity index (χ1) is 8.75. The number of carboxylic acid groups (broad SMARTS) is 1. The van der Waals surface area contributed by atoms with Crippen molar-refractivity contribution in [3.05, 3.63) is 48.2 Å². The highest BCUT2D eigenvalue weighted by atomic mass is 16.5. The van der Waals surface area contributed by atoms with Crippen molar-refractivity contribution in [2.24, 2.45) is 5.92 Å². The summed E-state index contributed by atoms with van der Waals surface area (Å²) >= 11 is 0. The molecule has 4 heteroatoms. The van der Waals surface area contributed by atoms with Crippen LogP contribution in [0.15, 0.2) is 42.7 Å². The molecule has 18 heavy (non-hydrogen) atoms. The van der Waals surface area contributed by atoms with Crippen LogP contribution in [0.1, 0.15) is 12.0 Å². The van der Waals surface area contributed by atoms with Crippen molar-refractivity contribution in [1.82, 2.24) is 0 Å². The van der Waals surface area contributed by atoms with Crippen LogP contribution in [0.3, 0.4) is 0 Å². The molecule has 0 radical (unpaired) electrons. The van der Waals surface area contributed by atoms with Crippen LogP contribution >= 0.6 is 0 Å². The standard InChI is InChI=1S/C14H16O4/c15-14(16)8-12-6-7-17-10-13(12)18-9-11-4-2-1-3-5-11/h1-7,12-13H,8-10H2,(H,15,16)/t12-,13-/m1/s1. The SMILES string of the molecule is O=C(O)C[C@H]1C=COC[C@H]1OCc1ccccc1. The molecular weight excluding hydrogens is 232 g/mol. The minimum absolute atomic E-state index is 0.0688. The molecule has 1 heterocycles. The van der Waals surface area contributed by atoms with Crippen molar-refractivity contribution in [3.8, 4) is 0 Å². The van der Waals surface area contributed by atoms with Crippen molar-refractivity contribution in [1.29, 1.82) is 0 Å². The summed E-state index contributed by atoms with van der Waals surface area (Å²) in [7, 11) is 0. The molecule has 2 atom stereocenters. The summed E-state index contributed by atoms with van der Waals surface area (Å²) in [6.07, 6.45) is 3.18. The summed E-state index contributed by atoms with van der Waals surface area (Å²) in [5.41, 5.74) is 1.07. The fraction of sp³-hybridized carbons (Fsp3) is 0.357. The van der Waals surface area contributed by atoms with E-state index in [1.807, 2.05) is 30.3 Å². The molecule has 2 rings (SSSR count). The van der Waals surface area contributed by atoms with Gasteiger partial charge in [0.2, 0.25) is 0 Å². The molecule has 1 aliphatic rings. The average molecular weight is 248 g/mol. The normalized spacial score (nSPS) is 22.4. The molecule has 0 aliphatic carbocycles. The van der Waals surface area contributed by atoms with E-state index < -0.39 is 5.97 Å². The van der Waals surface area contributed by atoms with Gasteiger partial charge in [0.15, 0.2) is 0 Å². The van der Waals surface area contributed by atoms with Gasteiger partial charge in [-0.1, -0.05) is 30.3 Å². The van der Waals surface area contributed by atoms with Crippen LogP contribution in [0.25, 0.3) is 0 Å².